The number of aromatic nitrogens is 3. The summed E-state index contributed by atoms with van der Waals surface area (Å²) in [5.41, 5.74) is 17.3. The number of ether oxygens (including phenoxy) is 1. The molecule has 5 aromatic rings. The summed E-state index contributed by atoms with van der Waals surface area (Å²) >= 11 is 0. The van der Waals surface area contributed by atoms with Crippen molar-refractivity contribution in [1.82, 2.24) is 30.5 Å². The van der Waals surface area contributed by atoms with Crippen molar-refractivity contribution in [3.63, 3.8) is 0 Å². The number of nitrogens with two attached hydrogens (primary N) is 2. The molecule has 14 nitrogen and oxygen atoms in total. The van der Waals surface area contributed by atoms with Crippen LogP contribution in [0.4, 0.5) is 21.1 Å². The highest BCUT2D eigenvalue weighted by Crippen LogP contribution is 2.30. The molecule has 0 aliphatic heterocycles. The molecule has 8 N–H and O–H groups in total. The molecule has 0 aliphatic rings. The summed E-state index contributed by atoms with van der Waals surface area (Å²) in [4.78, 5) is 59.0. The summed E-state index contributed by atoms with van der Waals surface area (Å²) in [6.07, 6.45) is 3.09. The van der Waals surface area contributed by atoms with Crippen LogP contribution < -0.4 is 32.7 Å². The number of unbranched alkanes of at least 4 members (excludes halogenated alkanes) is 1. The maximum Gasteiger partial charge on any atom is 0.407 e. The normalized spacial score (nSPS) is 12.3. The smallest absolute Gasteiger partial charge is 0.407 e. The van der Waals surface area contributed by atoms with Crippen molar-refractivity contribution in [3.8, 4) is 0 Å². The number of aryl methyl sites for hydroxylation is 1. The van der Waals surface area contributed by atoms with Crippen molar-refractivity contribution in [2.24, 2.45) is 17.6 Å². The van der Waals surface area contributed by atoms with Crippen molar-refractivity contribution in [3.05, 3.63) is 95.3 Å². The lowest BCUT2D eigenvalue weighted by Gasteiger charge is -2.22. The molecular weight excluding hydrogens is 711 g/mol. The van der Waals surface area contributed by atoms with E-state index in [0.717, 1.165) is 63.7 Å². The molecule has 0 saturated carbocycles. The molecule has 3 aromatic carbocycles. The molecule has 0 fully saturated rings. The Hall–Kier alpha value is -6.18. The zero-order chi connectivity index (χ0) is 40.2. The number of fused-ring (bicyclic) bond motifs is 3. The molecule has 0 spiro atoms. The molecule has 2 atom stereocenters. The molecule has 0 unspecified atom stereocenters. The van der Waals surface area contributed by atoms with Gasteiger partial charge in [0.25, 0.3) is 0 Å². The standard InChI is InChI=1S/C42H53N9O5/c1-5-6-13-35-50-36-37(32-10-7-8-11-33(32)48-38(36)43)51(35)24-29-16-14-28(15-17-29)23-46-42(55)56-25-30-18-20-31(21-19-30)47-40(53)34(12-9-22-45-41(44)54)49-39(52)27(4)26(2)3/h7-8,10-11,14-21,26-27,34H,5-6,9,12-13,22-25H2,1-4H3,(H2,43,48)(H,46,55)(H,47,53)(H,49,52)(H3,44,45,54)/t27-,34-/m0/s1. The van der Waals surface area contributed by atoms with Gasteiger partial charge in [-0.15, -0.1) is 0 Å². The van der Waals surface area contributed by atoms with Gasteiger partial charge in [0.05, 0.1) is 11.0 Å². The van der Waals surface area contributed by atoms with Crippen molar-refractivity contribution in [1.29, 1.82) is 0 Å². The first kappa shape index (κ1) is 41.0. The van der Waals surface area contributed by atoms with Gasteiger partial charge in [0.2, 0.25) is 11.8 Å². The number of primary amides is 1. The Morgan fingerprint density at radius 1 is 0.839 bits per heavy atom. The second-order valence-corrected chi connectivity index (χ2v) is 14.4. The molecule has 5 rings (SSSR count). The topological polar surface area (TPSA) is 208 Å². The summed E-state index contributed by atoms with van der Waals surface area (Å²) in [5.74, 6) is 0.625. The number of nitrogen functional groups attached to an aromatic ring is 1. The Morgan fingerprint density at radius 2 is 1.54 bits per heavy atom. The van der Waals surface area contributed by atoms with Gasteiger partial charge in [-0.3, -0.25) is 9.59 Å². The number of nitrogens with zero attached hydrogens (tertiary/aromatic N) is 3. The second-order valence-electron chi connectivity index (χ2n) is 14.4. The van der Waals surface area contributed by atoms with Crippen molar-refractivity contribution in [2.45, 2.75) is 85.5 Å². The fourth-order valence-corrected chi connectivity index (χ4v) is 6.23. The van der Waals surface area contributed by atoms with Gasteiger partial charge in [-0.25, -0.2) is 19.6 Å². The number of hydrogen-bond donors (Lipinski definition) is 6. The zero-order valence-electron chi connectivity index (χ0n) is 32.6. The van der Waals surface area contributed by atoms with E-state index in [9.17, 15) is 19.2 Å². The van der Waals surface area contributed by atoms with Crippen LogP contribution in [0, 0.1) is 11.8 Å². The maximum atomic E-state index is 13.2. The highest BCUT2D eigenvalue weighted by atomic mass is 16.5. The number of amides is 5. The van der Waals surface area contributed by atoms with E-state index in [0.29, 0.717) is 37.4 Å². The average molecular weight is 764 g/mol. The van der Waals surface area contributed by atoms with Gasteiger partial charge in [-0.05, 0) is 60.1 Å². The van der Waals surface area contributed by atoms with Gasteiger partial charge in [0.15, 0.2) is 5.82 Å². The van der Waals surface area contributed by atoms with Crippen LogP contribution in [0.1, 0.15) is 75.9 Å². The molecule has 0 bridgehead atoms. The van der Waals surface area contributed by atoms with Crippen LogP contribution in [0.3, 0.4) is 0 Å². The number of nitrogens with one attached hydrogen (secondary N) is 4. The molecule has 0 aliphatic carbocycles. The molecule has 14 heteroatoms. The van der Waals surface area contributed by atoms with E-state index in [4.69, 9.17) is 21.2 Å². The van der Waals surface area contributed by atoms with E-state index < -0.39 is 18.2 Å². The Bertz CT molecular complexity index is 2130. The fraction of sp³-hybridized carbons (Fsp3) is 0.381. The lowest BCUT2D eigenvalue weighted by atomic mass is 9.96. The number of anilines is 2. The maximum absolute atomic E-state index is 13.2. The summed E-state index contributed by atoms with van der Waals surface area (Å²) in [7, 11) is 0. The van der Waals surface area contributed by atoms with Crippen LogP contribution in [0.25, 0.3) is 21.9 Å². The molecule has 2 heterocycles. The van der Waals surface area contributed by atoms with E-state index in [1.165, 1.54) is 0 Å². The lowest BCUT2D eigenvalue weighted by Crippen LogP contribution is -2.46. The van der Waals surface area contributed by atoms with Crippen molar-refractivity contribution in [2.75, 3.05) is 17.6 Å². The Labute approximate surface area is 327 Å². The van der Waals surface area contributed by atoms with Crippen LogP contribution in [0.15, 0.2) is 72.8 Å². The van der Waals surface area contributed by atoms with Crippen LogP contribution >= 0.6 is 0 Å². The van der Waals surface area contributed by atoms with Gasteiger partial charge in [0.1, 0.15) is 24.0 Å². The predicted molar refractivity (Wildman–Crippen MR) is 218 cm³/mol. The quantitative estimate of drug-likeness (QED) is 0.0569. The van der Waals surface area contributed by atoms with E-state index >= 15 is 0 Å². The fourth-order valence-electron chi connectivity index (χ4n) is 6.23. The van der Waals surface area contributed by atoms with Crippen LogP contribution in [-0.4, -0.2) is 51.1 Å². The monoisotopic (exact) mass is 763 g/mol. The van der Waals surface area contributed by atoms with Gasteiger partial charge >= 0.3 is 12.1 Å². The molecule has 0 saturated heterocycles. The summed E-state index contributed by atoms with van der Waals surface area (Å²) < 4.78 is 7.69. The summed E-state index contributed by atoms with van der Waals surface area (Å²) in [5, 5.41) is 12.0. The van der Waals surface area contributed by atoms with Crippen LogP contribution in [-0.2, 0) is 40.4 Å². The first-order valence-electron chi connectivity index (χ1n) is 19.2. The largest absolute Gasteiger partial charge is 0.445 e. The number of hydrogen-bond acceptors (Lipinski definition) is 8. The van der Waals surface area contributed by atoms with E-state index in [-0.39, 0.29) is 36.8 Å². The molecule has 0 radical (unpaired) electrons. The first-order valence-corrected chi connectivity index (χ1v) is 19.2. The minimum Gasteiger partial charge on any atom is -0.445 e. The first-order chi connectivity index (χ1) is 26.9. The predicted octanol–water partition coefficient (Wildman–Crippen LogP) is 6.15. The minimum atomic E-state index is -0.805. The lowest BCUT2D eigenvalue weighted by molar-refractivity contribution is -0.130. The van der Waals surface area contributed by atoms with Crippen LogP contribution in [0.2, 0.25) is 0 Å². The second kappa shape index (κ2) is 19.4. The van der Waals surface area contributed by atoms with Crippen LogP contribution in [0.5, 0.6) is 0 Å². The molecule has 56 heavy (non-hydrogen) atoms. The molecule has 5 amide bonds. The SMILES string of the molecule is CCCCc1nc2c(N)nc3ccccc3c2n1Cc1ccc(CNC(=O)OCc2ccc(NC(=O)[C@H](CCCNC(N)=O)NC(=O)[C@@H](C)C(C)C)cc2)cc1. The highest BCUT2D eigenvalue weighted by molar-refractivity contribution is 6.06. The third-order valence-corrected chi connectivity index (χ3v) is 9.85. The molecular formula is C42H53N9O5. The molecule has 2 aromatic heterocycles. The van der Waals surface area contributed by atoms with Gasteiger partial charge in [0, 0.05) is 43.0 Å². The number of urea groups is 1. The zero-order valence-corrected chi connectivity index (χ0v) is 32.6. The number of carbonyl (C=O) groups is 4. The third kappa shape index (κ3) is 11.0. The number of rotatable bonds is 18. The third-order valence-electron chi connectivity index (χ3n) is 9.85. The Balaban J connectivity index is 1.13. The van der Waals surface area contributed by atoms with Crippen molar-refractivity contribution >= 4 is 57.4 Å². The minimum absolute atomic E-state index is 0.0333. The number of carbonyl (C=O) groups excluding carboxylic acids is 4. The highest BCUT2D eigenvalue weighted by Gasteiger charge is 2.25. The molecule has 296 valence electrons. The number of pyridine rings is 1. The number of alkyl carbamates (subject to hydrolysis) is 1. The van der Waals surface area contributed by atoms with Gasteiger partial charge in [-0.1, -0.05) is 88.7 Å². The van der Waals surface area contributed by atoms with E-state index in [1.807, 2.05) is 51.1 Å². The van der Waals surface area contributed by atoms with Gasteiger partial charge in [-0.2, -0.15) is 0 Å². The summed E-state index contributed by atoms with van der Waals surface area (Å²) in [6, 6.07) is 21.5. The van der Waals surface area contributed by atoms with Crippen molar-refractivity contribution < 1.29 is 23.9 Å². The number of benzene rings is 3. The van der Waals surface area contributed by atoms with E-state index in [2.05, 4.69) is 55.9 Å². The number of para-hydroxylation sites is 1. The number of imidazole rings is 1. The van der Waals surface area contributed by atoms with Gasteiger partial charge < -0.3 is 42.0 Å². The van der Waals surface area contributed by atoms with E-state index in [1.54, 1.807) is 24.3 Å². The average Bonchev–Trinajstić information content (AvgIpc) is 3.55. The summed E-state index contributed by atoms with van der Waals surface area (Å²) in [6.45, 7) is 9.08. The Morgan fingerprint density at radius 3 is 2.23 bits per heavy atom. The Kier molecular flexibility index (Phi) is 14.2.